The van der Waals surface area contributed by atoms with E-state index < -0.39 is 11.5 Å². The maximum Gasteiger partial charge on any atom is 0.127 e. The molecule has 2 rings (SSSR count). The second kappa shape index (κ2) is 3.33. The molecule has 0 bridgehead atoms. The number of hydrogen-bond donors (Lipinski definition) is 2. The molecule has 1 aromatic rings. The summed E-state index contributed by atoms with van der Waals surface area (Å²) in [5, 5.41) is 9.73. The van der Waals surface area contributed by atoms with E-state index in [1.54, 1.807) is 18.2 Å². The second-order valence-corrected chi connectivity index (χ2v) is 3.89. The zero-order valence-electron chi connectivity index (χ0n) is 7.91. The van der Waals surface area contributed by atoms with Gasteiger partial charge in [0, 0.05) is 12.0 Å². The Morgan fingerprint density at radius 2 is 2.07 bits per heavy atom. The van der Waals surface area contributed by atoms with Crippen molar-refractivity contribution in [2.75, 3.05) is 6.54 Å². The van der Waals surface area contributed by atoms with Crippen LogP contribution in [0.2, 0.25) is 0 Å². The predicted molar refractivity (Wildman–Crippen MR) is 52.4 cm³/mol. The van der Waals surface area contributed by atoms with E-state index in [-0.39, 0.29) is 12.4 Å². The molecular weight excluding hydrogens is 181 g/mol. The molecule has 0 aromatic heterocycles. The van der Waals surface area contributed by atoms with Gasteiger partial charge in [-0.1, -0.05) is 18.2 Å². The molecule has 0 spiro atoms. The minimum Gasteiger partial charge on any atom is -0.391 e. The molecule has 1 saturated carbocycles. The Hall–Kier alpha value is -0.930. The van der Waals surface area contributed by atoms with Crippen LogP contribution in [-0.4, -0.2) is 17.8 Å². The van der Waals surface area contributed by atoms with Crippen molar-refractivity contribution in [3.05, 3.63) is 35.6 Å². The normalized spacial score (nSPS) is 20.5. The quantitative estimate of drug-likeness (QED) is 0.760. The predicted octanol–water partition coefficient (Wildman–Crippen LogP) is 1.18. The molecule has 2 nitrogen and oxygen atoms in total. The van der Waals surface area contributed by atoms with Crippen molar-refractivity contribution in [2.24, 2.45) is 5.73 Å². The lowest BCUT2D eigenvalue weighted by molar-refractivity contribution is 0.137. The zero-order chi connectivity index (χ0) is 10.2. The third-order valence-electron chi connectivity index (χ3n) is 3.06. The molecule has 1 unspecified atom stereocenters. The van der Waals surface area contributed by atoms with Gasteiger partial charge in [-0.3, -0.25) is 0 Å². The van der Waals surface area contributed by atoms with Crippen LogP contribution in [0.1, 0.15) is 18.4 Å². The number of halogens is 1. The van der Waals surface area contributed by atoms with Crippen molar-refractivity contribution in [3.8, 4) is 0 Å². The molecule has 76 valence electrons. The number of rotatable bonds is 3. The second-order valence-electron chi connectivity index (χ2n) is 3.89. The molecule has 1 fully saturated rings. The molecule has 1 aromatic carbocycles. The summed E-state index contributed by atoms with van der Waals surface area (Å²) in [6, 6.07) is 6.62. The SMILES string of the molecule is NCC(O)C1(c2ccccc2F)CC1. The number of hydrogen-bond acceptors (Lipinski definition) is 2. The van der Waals surface area contributed by atoms with Crippen LogP contribution in [0, 0.1) is 5.82 Å². The van der Waals surface area contributed by atoms with Gasteiger partial charge in [0.2, 0.25) is 0 Å². The van der Waals surface area contributed by atoms with E-state index in [9.17, 15) is 9.50 Å². The highest BCUT2D eigenvalue weighted by molar-refractivity contribution is 5.34. The van der Waals surface area contributed by atoms with Gasteiger partial charge in [0.15, 0.2) is 0 Å². The van der Waals surface area contributed by atoms with Gasteiger partial charge in [-0.05, 0) is 24.5 Å². The maximum absolute atomic E-state index is 13.5. The van der Waals surface area contributed by atoms with Gasteiger partial charge in [-0.15, -0.1) is 0 Å². The number of nitrogens with two attached hydrogens (primary N) is 1. The van der Waals surface area contributed by atoms with Crippen LogP contribution in [0.4, 0.5) is 4.39 Å². The first-order valence-corrected chi connectivity index (χ1v) is 4.84. The highest BCUT2D eigenvalue weighted by atomic mass is 19.1. The molecule has 3 heteroatoms. The number of benzene rings is 1. The first-order valence-electron chi connectivity index (χ1n) is 4.84. The Balaban J connectivity index is 2.35. The highest BCUT2D eigenvalue weighted by Gasteiger charge is 2.50. The molecule has 0 amide bonds. The topological polar surface area (TPSA) is 46.2 Å². The Morgan fingerprint density at radius 1 is 1.43 bits per heavy atom. The van der Waals surface area contributed by atoms with Crippen molar-refractivity contribution in [2.45, 2.75) is 24.4 Å². The van der Waals surface area contributed by atoms with E-state index in [1.807, 2.05) is 0 Å². The van der Waals surface area contributed by atoms with E-state index in [0.29, 0.717) is 5.56 Å². The average Bonchev–Trinajstić information content (AvgIpc) is 2.98. The van der Waals surface area contributed by atoms with Gasteiger partial charge in [0.1, 0.15) is 5.82 Å². The van der Waals surface area contributed by atoms with Crippen LogP contribution >= 0.6 is 0 Å². The highest BCUT2D eigenvalue weighted by Crippen LogP contribution is 2.51. The average molecular weight is 195 g/mol. The molecule has 1 aliphatic carbocycles. The van der Waals surface area contributed by atoms with Crippen LogP contribution in [0.15, 0.2) is 24.3 Å². The number of aliphatic hydroxyl groups is 1. The molecule has 0 radical (unpaired) electrons. The van der Waals surface area contributed by atoms with Crippen molar-refractivity contribution in [3.63, 3.8) is 0 Å². The van der Waals surface area contributed by atoms with Crippen LogP contribution in [0.3, 0.4) is 0 Å². The molecule has 0 aliphatic heterocycles. The van der Waals surface area contributed by atoms with Crippen LogP contribution < -0.4 is 5.73 Å². The Bertz CT molecular complexity index is 336. The van der Waals surface area contributed by atoms with E-state index in [2.05, 4.69) is 0 Å². The smallest absolute Gasteiger partial charge is 0.127 e. The Labute approximate surface area is 82.5 Å². The van der Waals surface area contributed by atoms with Crippen LogP contribution in [0.25, 0.3) is 0 Å². The molecule has 1 atom stereocenters. The lowest BCUT2D eigenvalue weighted by atomic mass is 9.89. The van der Waals surface area contributed by atoms with Gasteiger partial charge >= 0.3 is 0 Å². The summed E-state index contributed by atoms with van der Waals surface area (Å²) in [6.07, 6.45) is 1.03. The summed E-state index contributed by atoms with van der Waals surface area (Å²) in [7, 11) is 0. The third-order valence-corrected chi connectivity index (χ3v) is 3.06. The Kier molecular flexibility index (Phi) is 2.29. The van der Waals surface area contributed by atoms with Gasteiger partial charge in [-0.25, -0.2) is 4.39 Å². The molecule has 1 aliphatic rings. The molecule has 14 heavy (non-hydrogen) atoms. The fraction of sp³-hybridized carbons (Fsp3) is 0.455. The first-order chi connectivity index (χ1) is 6.70. The fourth-order valence-electron chi connectivity index (χ4n) is 2.01. The summed E-state index contributed by atoms with van der Waals surface area (Å²) in [5.41, 5.74) is 5.62. The van der Waals surface area contributed by atoms with Gasteiger partial charge in [0.25, 0.3) is 0 Å². The maximum atomic E-state index is 13.5. The molecule has 0 saturated heterocycles. The van der Waals surface area contributed by atoms with E-state index in [0.717, 1.165) is 12.8 Å². The van der Waals surface area contributed by atoms with E-state index in [1.165, 1.54) is 6.07 Å². The Morgan fingerprint density at radius 3 is 2.57 bits per heavy atom. The first kappa shape index (κ1) is 9.62. The number of aliphatic hydroxyl groups excluding tert-OH is 1. The van der Waals surface area contributed by atoms with Gasteiger partial charge in [-0.2, -0.15) is 0 Å². The summed E-state index contributed by atoms with van der Waals surface area (Å²) in [5.74, 6) is -0.238. The third kappa shape index (κ3) is 1.33. The largest absolute Gasteiger partial charge is 0.391 e. The minimum atomic E-state index is -0.626. The van der Waals surface area contributed by atoms with E-state index >= 15 is 0 Å². The van der Waals surface area contributed by atoms with Crippen molar-refractivity contribution in [1.82, 2.24) is 0 Å². The fourth-order valence-corrected chi connectivity index (χ4v) is 2.01. The lowest BCUT2D eigenvalue weighted by Crippen LogP contribution is -2.33. The van der Waals surface area contributed by atoms with E-state index in [4.69, 9.17) is 5.73 Å². The van der Waals surface area contributed by atoms with Crippen molar-refractivity contribution >= 4 is 0 Å². The summed E-state index contributed by atoms with van der Waals surface area (Å²) >= 11 is 0. The molecule has 0 heterocycles. The minimum absolute atomic E-state index is 0.189. The summed E-state index contributed by atoms with van der Waals surface area (Å²) < 4.78 is 13.5. The molecule has 3 N–H and O–H groups in total. The van der Waals surface area contributed by atoms with Gasteiger partial charge < -0.3 is 10.8 Å². The van der Waals surface area contributed by atoms with Gasteiger partial charge in [0.05, 0.1) is 6.10 Å². The lowest BCUT2D eigenvalue weighted by Gasteiger charge is -2.21. The summed E-state index contributed by atoms with van der Waals surface area (Å²) in [4.78, 5) is 0. The van der Waals surface area contributed by atoms with Crippen molar-refractivity contribution in [1.29, 1.82) is 0 Å². The van der Waals surface area contributed by atoms with Crippen molar-refractivity contribution < 1.29 is 9.50 Å². The summed E-state index contributed by atoms with van der Waals surface area (Å²) in [6.45, 7) is 0.189. The van der Waals surface area contributed by atoms with Crippen LogP contribution in [-0.2, 0) is 5.41 Å². The molecular formula is C11H14FNO. The standard InChI is InChI=1S/C11H14FNO/c12-9-4-2-1-3-8(9)11(5-6-11)10(14)7-13/h1-4,10,14H,5-7,13H2. The van der Waals surface area contributed by atoms with Crippen LogP contribution in [0.5, 0.6) is 0 Å². The zero-order valence-corrected chi connectivity index (χ0v) is 7.91. The monoisotopic (exact) mass is 195 g/mol.